The number of halogens is 7. The maximum Gasteiger partial charge on any atom is 0.427 e. The van der Waals surface area contributed by atoms with Gasteiger partial charge in [-0.25, -0.2) is 17.6 Å². The Morgan fingerprint density at radius 3 is 2.42 bits per heavy atom. The van der Waals surface area contributed by atoms with Crippen molar-refractivity contribution in [1.29, 1.82) is 0 Å². The first-order chi connectivity index (χ1) is 24.6. The van der Waals surface area contributed by atoms with Crippen molar-refractivity contribution in [3.8, 4) is 0 Å². The normalized spacial score (nSPS) is 23.8. The van der Waals surface area contributed by atoms with Gasteiger partial charge >= 0.3 is 6.18 Å². The third kappa shape index (κ3) is 8.26. The second kappa shape index (κ2) is 15.0. The average molecular weight is 759 g/mol. The molecule has 52 heavy (non-hydrogen) atoms. The molecule has 1 unspecified atom stereocenters. The number of aromatic nitrogens is 1. The summed E-state index contributed by atoms with van der Waals surface area (Å²) >= 11 is 0. The number of hydrogen-bond acceptors (Lipinski definition) is 7. The minimum absolute atomic E-state index is 0.0239. The predicted octanol–water partition coefficient (Wildman–Crippen LogP) is 4.04. The van der Waals surface area contributed by atoms with Crippen molar-refractivity contribution in [3.63, 3.8) is 0 Å². The molecule has 1 spiro atoms. The van der Waals surface area contributed by atoms with E-state index in [1.165, 1.54) is 26.9 Å². The van der Waals surface area contributed by atoms with Gasteiger partial charge in [-0.3, -0.25) is 15.1 Å². The summed E-state index contributed by atoms with van der Waals surface area (Å²) in [4.78, 5) is 17.3. The number of nitrogens with zero attached hydrogens (tertiary/aromatic N) is 3. The number of pyridine rings is 1. The minimum atomic E-state index is -4.86. The number of alkyl halides is 3. The number of anilines is 1. The molecule has 2 aromatic carbocycles. The molecule has 1 aromatic heterocycles. The summed E-state index contributed by atoms with van der Waals surface area (Å²) in [5.41, 5.74) is -0.276. The summed E-state index contributed by atoms with van der Waals surface area (Å²) in [6, 6.07) is 7.93. The summed E-state index contributed by atoms with van der Waals surface area (Å²) in [5, 5.41) is 17.1. The maximum atomic E-state index is 15.4. The molecule has 4 N–H and O–H groups in total. The number of hydrogen-bond donors (Lipinski definition) is 4. The Bertz CT molecular complexity index is 1870. The van der Waals surface area contributed by atoms with E-state index in [-0.39, 0.29) is 68.3 Å². The van der Waals surface area contributed by atoms with E-state index < -0.39 is 69.2 Å². The Kier molecular flexibility index (Phi) is 11.0. The largest absolute Gasteiger partial charge is 0.427 e. The molecule has 6 rings (SSSR count). The van der Waals surface area contributed by atoms with E-state index in [1.807, 2.05) is 5.32 Å². The highest BCUT2D eigenvalue weighted by Crippen LogP contribution is 2.53. The fourth-order valence-electron chi connectivity index (χ4n) is 7.31. The monoisotopic (exact) mass is 758 g/mol. The van der Waals surface area contributed by atoms with Crippen LogP contribution in [0.25, 0.3) is 0 Å². The van der Waals surface area contributed by atoms with Crippen molar-refractivity contribution in [2.45, 2.75) is 49.5 Å². The van der Waals surface area contributed by atoms with Gasteiger partial charge in [-0.05, 0) is 66.5 Å². The first kappa shape index (κ1) is 38.1. The Morgan fingerprint density at radius 1 is 1.02 bits per heavy atom. The van der Waals surface area contributed by atoms with Crippen molar-refractivity contribution in [3.05, 3.63) is 94.8 Å². The smallest absolute Gasteiger partial charge is 0.370 e. The zero-order valence-electron chi connectivity index (χ0n) is 27.6. The molecule has 3 aliphatic rings. The highest BCUT2D eigenvalue weighted by molar-refractivity contribution is 7.86. The molecular weight excluding hydrogens is 721 g/mol. The van der Waals surface area contributed by atoms with Gasteiger partial charge in [0.1, 0.15) is 23.3 Å². The molecule has 0 radical (unpaired) electrons. The summed E-state index contributed by atoms with van der Waals surface area (Å²) in [7, 11) is -4.08. The van der Waals surface area contributed by atoms with Crippen molar-refractivity contribution in [2.24, 2.45) is 11.8 Å². The molecule has 3 fully saturated rings. The Labute approximate surface area is 295 Å². The molecular formula is C34H37F7N6O4S. The van der Waals surface area contributed by atoms with Gasteiger partial charge in [0.15, 0.2) is 0 Å². The van der Waals surface area contributed by atoms with E-state index in [0.29, 0.717) is 31.0 Å². The van der Waals surface area contributed by atoms with Crippen LogP contribution in [0.2, 0.25) is 0 Å². The second-order valence-corrected chi connectivity index (χ2v) is 15.4. The summed E-state index contributed by atoms with van der Waals surface area (Å²) in [6.45, 7) is 0.532. The lowest BCUT2D eigenvalue weighted by molar-refractivity contribution is -0.213. The van der Waals surface area contributed by atoms with Gasteiger partial charge in [-0.15, -0.1) is 0 Å². The third-order valence-electron chi connectivity index (χ3n) is 10.1. The van der Waals surface area contributed by atoms with Crippen LogP contribution >= 0.6 is 0 Å². The quantitative estimate of drug-likeness (QED) is 0.162. The minimum Gasteiger partial charge on any atom is -0.370 e. The molecule has 1 aliphatic carbocycles. The van der Waals surface area contributed by atoms with Crippen LogP contribution < -0.4 is 16.0 Å². The number of aliphatic hydroxyl groups excluding tert-OH is 1. The zero-order valence-corrected chi connectivity index (χ0v) is 28.5. The van der Waals surface area contributed by atoms with Crippen molar-refractivity contribution in [2.75, 3.05) is 44.6 Å². The lowest BCUT2D eigenvalue weighted by Crippen LogP contribution is -2.59. The predicted molar refractivity (Wildman–Crippen MR) is 175 cm³/mol. The molecule has 3 aromatic rings. The number of nitrogens with one attached hydrogen (secondary N) is 3. The Balaban J connectivity index is 1.16. The van der Waals surface area contributed by atoms with E-state index in [4.69, 9.17) is 0 Å². The number of aliphatic hydroxyl groups is 1. The lowest BCUT2D eigenvalue weighted by Gasteiger charge is -2.39. The van der Waals surface area contributed by atoms with E-state index in [9.17, 15) is 44.7 Å². The van der Waals surface area contributed by atoms with Crippen LogP contribution in [-0.4, -0.2) is 90.2 Å². The van der Waals surface area contributed by atoms with Gasteiger partial charge in [0.05, 0.1) is 23.6 Å². The highest BCUT2D eigenvalue weighted by Gasteiger charge is 2.63. The van der Waals surface area contributed by atoms with Crippen molar-refractivity contribution in [1.82, 2.24) is 24.2 Å². The fourth-order valence-corrected chi connectivity index (χ4v) is 9.39. The topological polar surface area (TPSA) is 127 Å². The van der Waals surface area contributed by atoms with Gasteiger partial charge in [0.25, 0.3) is 10.2 Å². The maximum absolute atomic E-state index is 15.4. The molecule has 10 nitrogen and oxygen atoms in total. The van der Waals surface area contributed by atoms with E-state index in [2.05, 4.69) is 15.6 Å². The molecule has 3 heterocycles. The standard InChI is InChI=1S/C34H37F7N6O4S/c35-24-3-1-21(2-4-24)27(22-9-25(36)12-26(37)10-22)13-31(48)45-30-17-43-16-29(38)28(30)11-23-14-33(23)19-42-6-8-47(33)52(50,51)46-7-5-20(18-46)15-44-32(49)34(39,40)41/h1-4,9-10,12,16-17,20,23,27,32,42,44,49H,5-8,11,13-15,18-19H2,(H,45,48)/t20-,23+,27-,32?,33-/m0/s1. The Morgan fingerprint density at radius 2 is 1.73 bits per heavy atom. The van der Waals surface area contributed by atoms with Crippen molar-refractivity contribution < 1.29 is 49.1 Å². The highest BCUT2D eigenvalue weighted by atomic mass is 32.2. The SMILES string of the molecule is O=C(C[C@@H](c1ccc(F)cc1)c1cc(F)cc(F)c1)Nc1cncc(F)c1C[C@@H]1C[C@]12CNCCN2S(=O)(=O)N1CC[C@@H](CNC(O)C(F)(F)F)C1. The van der Waals surface area contributed by atoms with Crippen LogP contribution in [-0.2, 0) is 21.4 Å². The van der Waals surface area contributed by atoms with Gasteiger partial charge in [-0.1, -0.05) is 12.1 Å². The summed E-state index contributed by atoms with van der Waals surface area (Å²) in [5.74, 6) is -5.41. The summed E-state index contributed by atoms with van der Waals surface area (Å²) in [6.07, 6.45) is -5.03. The second-order valence-electron chi connectivity index (χ2n) is 13.5. The average Bonchev–Trinajstić information content (AvgIpc) is 3.49. The Hall–Kier alpha value is -3.68. The molecule has 1 amide bonds. The van der Waals surface area contributed by atoms with Gasteiger partial charge in [0, 0.05) is 63.2 Å². The molecule has 282 valence electrons. The van der Waals surface area contributed by atoms with E-state index in [0.717, 1.165) is 30.5 Å². The molecule has 1 saturated carbocycles. The molecule has 2 aliphatic heterocycles. The number of piperazine rings is 1. The lowest BCUT2D eigenvalue weighted by atomic mass is 9.88. The van der Waals surface area contributed by atoms with Crippen LogP contribution in [0.15, 0.2) is 54.9 Å². The first-order valence-electron chi connectivity index (χ1n) is 16.7. The molecule has 5 atom stereocenters. The number of rotatable bonds is 12. The number of carbonyl (C=O) groups is 1. The fraction of sp³-hybridized carbons (Fsp3) is 0.471. The number of benzene rings is 2. The number of amides is 1. The van der Waals surface area contributed by atoms with Gasteiger partial charge < -0.3 is 15.7 Å². The van der Waals surface area contributed by atoms with Gasteiger partial charge in [-0.2, -0.15) is 30.2 Å². The van der Waals surface area contributed by atoms with Crippen LogP contribution in [0.1, 0.15) is 41.9 Å². The van der Waals surface area contributed by atoms with E-state index >= 15 is 4.39 Å². The van der Waals surface area contributed by atoms with E-state index in [1.54, 1.807) is 0 Å². The first-order valence-corrected chi connectivity index (χ1v) is 18.1. The molecule has 18 heteroatoms. The van der Waals surface area contributed by atoms with Crippen LogP contribution in [0.4, 0.5) is 36.4 Å². The molecule has 2 saturated heterocycles. The van der Waals surface area contributed by atoms with Crippen LogP contribution in [0.3, 0.4) is 0 Å². The zero-order chi connectivity index (χ0) is 37.4. The summed E-state index contributed by atoms with van der Waals surface area (Å²) < 4.78 is 126. The number of carbonyl (C=O) groups excluding carboxylic acids is 1. The third-order valence-corrected chi connectivity index (χ3v) is 12.1. The van der Waals surface area contributed by atoms with Crippen molar-refractivity contribution >= 4 is 21.8 Å². The van der Waals surface area contributed by atoms with Crippen LogP contribution in [0.5, 0.6) is 0 Å². The van der Waals surface area contributed by atoms with Crippen LogP contribution in [0, 0.1) is 35.1 Å². The van der Waals surface area contributed by atoms with Gasteiger partial charge in [0.2, 0.25) is 12.1 Å². The molecule has 0 bridgehead atoms.